The maximum absolute atomic E-state index is 12.7. The Labute approximate surface area is 146 Å². The average Bonchev–Trinajstić information content (AvgIpc) is 2.51. The number of halogens is 3. The summed E-state index contributed by atoms with van der Waals surface area (Å²) in [6, 6.07) is 5.16. The standard InChI is InChI=1S/C17H25F3N4O/c1-4-21-16(22-9-8-15(25)24-12(2)3)23-11-13-6-5-7-14(10-13)17(18,19)20/h5-7,10,12H,4,8-9,11H2,1-3H3,(H,24,25)(H2,21,22,23). The van der Waals surface area contributed by atoms with Gasteiger partial charge in [-0.15, -0.1) is 0 Å². The summed E-state index contributed by atoms with van der Waals surface area (Å²) in [6.45, 7) is 6.74. The number of hydrogen-bond donors (Lipinski definition) is 3. The summed E-state index contributed by atoms with van der Waals surface area (Å²) in [7, 11) is 0. The molecule has 0 fully saturated rings. The number of benzene rings is 1. The number of carbonyl (C=O) groups is 1. The zero-order chi connectivity index (χ0) is 18.9. The second-order valence-corrected chi connectivity index (χ2v) is 5.79. The van der Waals surface area contributed by atoms with E-state index in [1.54, 1.807) is 6.07 Å². The lowest BCUT2D eigenvalue weighted by Gasteiger charge is -2.13. The van der Waals surface area contributed by atoms with E-state index in [1.165, 1.54) is 6.07 Å². The molecule has 1 rings (SSSR count). The maximum Gasteiger partial charge on any atom is 0.416 e. The van der Waals surface area contributed by atoms with Crippen molar-refractivity contribution in [1.29, 1.82) is 0 Å². The van der Waals surface area contributed by atoms with Crippen LogP contribution in [-0.2, 0) is 17.5 Å². The largest absolute Gasteiger partial charge is 0.416 e. The summed E-state index contributed by atoms with van der Waals surface area (Å²) in [5.41, 5.74) is -0.229. The third-order valence-electron chi connectivity index (χ3n) is 3.11. The molecule has 140 valence electrons. The van der Waals surface area contributed by atoms with E-state index in [1.807, 2.05) is 20.8 Å². The smallest absolute Gasteiger partial charge is 0.357 e. The van der Waals surface area contributed by atoms with Crippen molar-refractivity contribution in [2.24, 2.45) is 4.99 Å². The van der Waals surface area contributed by atoms with E-state index in [0.29, 0.717) is 24.6 Å². The van der Waals surface area contributed by atoms with Crippen molar-refractivity contribution in [2.75, 3.05) is 13.1 Å². The Morgan fingerprint density at radius 2 is 1.96 bits per heavy atom. The zero-order valence-corrected chi connectivity index (χ0v) is 14.7. The van der Waals surface area contributed by atoms with Crippen molar-refractivity contribution in [3.05, 3.63) is 35.4 Å². The molecule has 3 N–H and O–H groups in total. The topological polar surface area (TPSA) is 65.5 Å². The van der Waals surface area contributed by atoms with Gasteiger partial charge < -0.3 is 16.0 Å². The van der Waals surface area contributed by atoms with Crippen LogP contribution in [0.1, 0.15) is 38.3 Å². The molecule has 0 aromatic heterocycles. The molecule has 0 aliphatic carbocycles. The Morgan fingerprint density at radius 1 is 1.24 bits per heavy atom. The first-order valence-corrected chi connectivity index (χ1v) is 8.20. The van der Waals surface area contributed by atoms with Gasteiger partial charge in [0, 0.05) is 25.6 Å². The van der Waals surface area contributed by atoms with Gasteiger partial charge in [-0.2, -0.15) is 13.2 Å². The van der Waals surface area contributed by atoms with E-state index in [-0.39, 0.29) is 24.9 Å². The van der Waals surface area contributed by atoms with Gasteiger partial charge in [0.25, 0.3) is 0 Å². The molecule has 5 nitrogen and oxygen atoms in total. The molecule has 0 saturated heterocycles. The van der Waals surface area contributed by atoms with E-state index in [9.17, 15) is 18.0 Å². The van der Waals surface area contributed by atoms with Crippen LogP contribution in [0.5, 0.6) is 0 Å². The maximum atomic E-state index is 12.7. The van der Waals surface area contributed by atoms with Crippen LogP contribution < -0.4 is 16.0 Å². The average molecular weight is 358 g/mol. The van der Waals surface area contributed by atoms with Gasteiger partial charge in [0.2, 0.25) is 5.91 Å². The molecule has 0 spiro atoms. The Balaban J connectivity index is 2.62. The van der Waals surface area contributed by atoms with Crippen LogP contribution in [0.15, 0.2) is 29.3 Å². The van der Waals surface area contributed by atoms with Crippen LogP contribution in [-0.4, -0.2) is 31.0 Å². The molecule has 0 aliphatic heterocycles. The van der Waals surface area contributed by atoms with Gasteiger partial charge in [0.1, 0.15) is 0 Å². The molecular weight excluding hydrogens is 333 g/mol. The van der Waals surface area contributed by atoms with Crippen molar-refractivity contribution in [1.82, 2.24) is 16.0 Å². The fourth-order valence-electron chi connectivity index (χ4n) is 2.05. The normalized spacial score (nSPS) is 12.2. The number of aliphatic imine (C=N–C) groups is 1. The fraction of sp³-hybridized carbons (Fsp3) is 0.529. The van der Waals surface area contributed by atoms with E-state index < -0.39 is 11.7 Å². The van der Waals surface area contributed by atoms with Crippen LogP contribution in [0.2, 0.25) is 0 Å². The molecule has 0 saturated carbocycles. The number of rotatable bonds is 7. The van der Waals surface area contributed by atoms with Gasteiger partial charge >= 0.3 is 6.18 Å². The van der Waals surface area contributed by atoms with Crippen LogP contribution in [0, 0.1) is 0 Å². The lowest BCUT2D eigenvalue weighted by atomic mass is 10.1. The van der Waals surface area contributed by atoms with Crippen molar-refractivity contribution in [3.63, 3.8) is 0 Å². The third-order valence-corrected chi connectivity index (χ3v) is 3.11. The molecule has 0 aliphatic rings. The lowest BCUT2D eigenvalue weighted by molar-refractivity contribution is -0.137. The molecule has 1 aromatic carbocycles. The number of nitrogens with one attached hydrogen (secondary N) is 3. The van der Waals surface area contributed by atoms with Crippen LogP contribution in [0.3, 0.4) is 0 Å². The highest BCUT2D eigenvalue weighted by Crippen LogP contribution is 2.29. The second kappa shape index (κ2) is 9.90. The molecule has 1 amide bonds. The van der Waals surface area contributed by atoms with Gasteiger partial charge in [-0.1, -0.05) is 12.1 Å². The summed E-state index contributed by atoms with van der Waals surface area (Å²) in [6.07, 6.45) is -4.08. The highest BCUT2D eigenvalue weighted by molar-refractivity contribution is 5.81. The fourth-order valence-corrected chi connectivity index (χ4v) is 2.05. The van der Waals surface area contributed by atoms with Crippen molar-refractivity contribution in [2.45, 2.75) is 46.0 Å². The van der Waals surface area contributed by atoms with E-state index in [2.05, 4.69) is 20.9 Å². The Bertz CT molecular complexity index is 586. The summed E-state index contributed by atoms with van der Waals surface area (Å²) in [4.78, 5) is 15.8. The van der Waals surface area contributed by atoms with Gasteiger partial charge in [-0.25, -0.2) is 4.99 Å². The number of hydrogen-bond acceptors (Lipinski definition) is 2. The van der Waals surface area contributed by atoms with E-state index in [4.69, 9.17) is 0 Å². The summed E-state index contributed by atoms with van der Waals surface area (Å²) in [5.74, 6) is 0.383. The molecule has 0 heterocycles. The molecule has 0 unspecified atom stereocenters. The third kappa shape index (κ3) is 8.42. The highest BCUT2D eigenvalue weighted by atomic mass is 19.4. The van der Waals surface area contributed by atoms with E-state index >= 15 is 0 Å². The molecule has 0 radical (unpaired) electrons. The predicted octanol–water partition coefficient (Wildman–Crippen LogP) is 2.68. The van der Waals surface area contributed by atoms with Gasteiger partial charge in [-0.3, -0.25) is 4.79 Å². The molecule has 0 bridgehead atoms. The van der Waals surface area contributed by atoms with Gasteiger partial charge in [0.05, 0.1) is 12.1 Å². The minimum absolute atomic E-state index is 0.0729. The second-order valence-electron chi connectivity index (χ2n) is 5.79. The van der Waals surface area contributed by atoms with Crippen molar-refractivity contribution >= 4 is 11.9 Å². The van der Waals surface area contributed by atoms with Crippen molar-refractivity contribution in [3.8, 4) is 0 Å². The lowest BCUT2D eigenvalue weighted by Crippen LogP contribution is -2.40. The molecular formula is C17H25F3N4O. The number of alkyl halides is 3. The SMILES string of the molecule is CCNC(=NCc1cccc(C(F)(F)F)c1)NCCC(=O)NC(C)C. The minimum Gasteiger partial charge on any atom is -0.357 e. The monoisotopic (exact) mass is 358 g/mol. The number of guanidine groups is 1. The summed E-state index contributed by atoms with van der Waals surface area (Å²) < 4.78 is 38.2. The van der Waals surface area contributed by atoms with Crippen molar-refractivity contribution < 1.29 is 18.0 Å². The summed E-state index contributed by atoms with van der Waals surface area (Å²) in [5, 5.41) is 8.77. The Kier molecular flexibility index (Phi) is 8.24. The summed E-state index contributed by atoms with van der Waals surface area (Å²) >= 11 is 0. The molecule has 0 atom stereocenters. The minimum atomic E-state index is -4.37. The zero-order valence-electron chi connectivity index (χ0n) is 14.7. The molecule has 8 heteroatoms. The predicted molar refractivity (Wildman–Crippen MR) is 92.2 cm³/mol. The van der Waals surface area contributed by atoms with Crippen LogP contribution in [0.25, 0.3) is 0 Å². The quantitative estimate of drug-likeness (QED) is 0.519. The van der Waals surface area contributed by atoms with Gasteiger partial charge in [0.15, 0.2) is 5.96 Å². The van der Waals surface area contributed by atoms with E-state index in [0.717, 1.165) is 12.1 Å². The first kappa shape index (κ1) is 20.8. The van der Waals surface area contributed by atoms with Gasteiger partial charge in [-0.05, 0) is 38.5 Å². The highest BCUT2D eigenvalue weighted by Gasteiger charge is 2.30. The van der Waals surface area contributed by atoms with Crippen LogP contribution in [0.4, 0.5) is 13.2 Å². The first-order valence-electron chi connectivity index (χ1n) is 8.20. The molecule has 25 heavy (non-hydrogen) atoms. The van der Waals surface area contributed by atoms with Crippen LogP contribution >= 0.6 is 0 Å². The Morgan fingerprint density at radius 3 is 2.56 bits per heavy atom. The number of carbonyl (C=O) groups excluding carboxylic acids is 1. The molecule has 1 aromatic rings. The Hall–Kier alpha value is -2.25. The first-order chi connectivity index (χ1) is 11.7. The number of amides is 1. The number of nitrogens with zero attached hydrogens (tertiary/aromatic N) is 1.